The van der Waals surface area contributed by atoms with Gasteiger partial charge in [-0.25, -0.2) is 4.98 Å². The number of hydrogen-bond donors (Lipinski definition) is 0. The van der Waals surface area contributed by atoms with E-state index in [0.717, 1.165) is 0 Å². The number of halogens is 1. The van der Waals surface area contributed by atoms with Gasteiger partial charge in [-0.2, -0.15) is 0 Å². The summed E-state index contributed by atoms with van der Waals surface area (Å²) in [6.07, 6.45) is 1.40. The van der Waals surface area contributed by atoms with Gasteiger partial charge in [-0.3, -0.25) is 4.79 Å². The van der Waals surface area contributed by atoms with E-state index < -0.39 is 5.24 Å². The molecule has 0 aliphatic rings. The van der Waals surface area contributed by atoms with Gasteiger partial charge < -0.3 is 4.74 Å². The van der Waals surface area contributed by atoms with Gasteiger partial charge in [-0.05, 0) is 41.3 Å². The number of benzene rings is 1. The molecule has 19 heavy (non-hydrogen) atoms. The second kappa shape index (κ2) is 5.85. The van der Waals surface area contributed by atoms with E-state index >= 15 is 0 Å². The smallest absolute Gasteiger partial charge is 0.253 e. The molecule has 4 heteroatoms. The highest BCUT2D eigenvalue weighted by Crippen LogP contribution is 2.22. The van der Waals surface area contributed by atoms with Crippen molar-refractivity contribution in [1.82, 2.24) is 4.98 Å². The number of rotatable bonds is 4. The van der Waals surface area contributed by atoms with Crippen LogP contribution < -0.4 is 4.74 Å². The van der Waals surface area contributed by atoms with E-state index in [9.17, 15) is 4.79 Å². The van der Waals surface area contributed by atoms with Gasteiger partial charge >= 0.3 is 0 Å². The third-order valence-electron chi connectivity index (χ3n) is 2.73. The number of nitrogens with zero attached hydrogens (tertiary/aromatic N) is 1. The van der Waals surface area contributed by atoms with Gasteiger partial charge in [0.25, 0.3) is 5.24 Å². The summed E-state index contributed by atoms with van der Waals surface area (Å²) in [6, 6.07) is 11.1. The van der Waals surface area contributed by atoms with Gasteiger partial charge in [-0.1, -0.05) is 26.0 Å². The Hall–Kier alpha value is -1.87. The van der Waals surface area contributed by atoms with Crippen molar-refractivity contribution in [2.75, 3.05) is 0 Å². The molecule has 1 aromatic heterocycles. The Morgan fingerprint density at radius 1 is 1.16 bits per heavy atom. The number of ether oxygens (including phenoxy) is 1. The zero-order valence-electron chi connectivity index (χ0n) is 10.8. The molecule has 0 saturated heterocycles. The molecule has 0 radical (unpaired) electrons. The van der Waals surface area contributed by atoms with E-state index in [1.807, 2.05) is 24.3 Å². The predicted octanol–water partition coefficient (Wildman–Crippen LogP) is 4.38. The molecule has 3 nitrogen and oxygen atoms in total. The average molecular weight is 276 g/mol. The molecule has 0 amide bonds. The Labute approximate surface area is 117 Å². The molecule has 0 saturated carbocycles. The van der Waals surface area contributed by atoms with E-state index in [1.165, 1.54) is 11.8 Å². The summed E-state index contributed by atoms with van der Waals surface area (Å²) in [4.78, 5) is 14.9. The van der Waals surface area contributed by atoms with E-state index in [0.29, 0.717) is 23.1 Å². The fraction of sp³-hybridized carbons (Fsp3) is 0.200. The normalized spacial score (nSPS) is 10.5. The number of pyridine rings is 1. The fourth-order valence-corrected chi connectivity index (χ4v) is 1.71. The molecule has 0 N–H and O–H groups in total. The Morgan fingerprint density at radius 3 is 2.32 bits per heavy atom. The molecule has 0 fully saturated rings. The van der Waals surface area contributed by atoms with Gasteiger partial charge in [-0.15, -0.1) is 0 Å². The predicted molar refractivity (Wildman–Crippen MR) is 75.0 cm³/mol. The van der Waals surface area contributed by atoms with Crippen molar-refractivity contribution in [2.45, 2.75) is 19.8 Å². The van der Waals surface area contributed by atoms with E-state index in [1.54, 1.807) is 12.1 Å². The Bertz CT molecular complexity index is 562. The Kier molecular flexibility index (Phi) is 4.17. The first-order valence-corrected chi connectivity index (χ1v) is 6.38. The third kappa shape index (κ3) is 3.55. The first-order valence-electron chi connectivity index (χ1n) is 6.00. The van der Waals surface area contributed by atoms with Crippen LogP contribution in [0, 0.1) is 0 Å². The van der Waals surface area contributed by atoms with Crippen molar-refractivity contribution in [1.29, 1.82) is 0 Å². The van der Waals surface area contributed by atoms with Gasteiger partial charge in [0.15, 0.2) is 0 Å². The highest BCUT2D eigenvalue weighted by molar-refractivity contribution is 6.67. The summed E-state index contributed by atoms with van der Waals surface area (Å²) in [5.74, 6) is 1.63. The minimum Gasteiger partial charge on any atom is -0.439 e. The minimum atomic E-state index is -0.527. The zero-order chi connectivity index (χ0) is 13.8. The van der Waals surface area contributed by atoms with Crippen molar-refractivity contribution < 1.29 is 9.53 Å². The Morgan fingerprint density at radius 2 is 1.84 bits per heavy atom. The molecule has 0 spiro atoms. The zero-order valence-corrected chi connectivity index (χ0v) is 11.5. The highest BCUT2D eigenvalue weighted by atomic mass is 35.5. The van der Waals surface area contributed by atoms with Crippen molar-refractivity contribution >= 4 is 16.8 Å². The summed E-state index contributed by atoms with van der Waals surface area (Å²) in [6.45, 7) is 4.28. The maximum absolute atomic E-state index is 10.9. The van der Waals surface area contributed by atoms with Crippen molar-refractivity contribution in [3.63, 3.8) is 0 Å². The molecule has 0 atom stereocenters. The van der Waals surface area contributed by atoms with Crippen LogP contribution >= 0.6 is 11.6 Å². The Balaban J connectivity index is 2.10. The van der Waals surface area contributed by atoms with Crippen LogP contribution in [-0.4, -0.2) is 10.2 Å². The van der Waals surface area contributed by atoms with Crippen LogP contribution in [0.4, 0.5) is 0 Å². The van der Waals surface area contributed by atoms with Gasteiger partial charge in [0.05, 0.1) is 5.56 Å². The maximum atomic E-state index is 10.9. The summed E-state index contributed by atoms with van der Waals surface area (Å²) in [5.41, 5.74) is 1.60. The van der Waals surface area contributed by atoms with E-state index in [4.69, 9.17) is 16.3 Å². The quantitative estimate of drug-likeness (QED) is 0.778. The minimum absolute atomic E-state index is 0.351. The second-order valence-corrected chi connectivity index (χ2v) is 4.83. The van der Waals surface area contributed by atoms with Gasteiger partial charge in [0.2, 0.25) is 5.88 Å². The molecule has 98 valence electrons. The monoisotopic (exact) mass is 275 g/mol. The maximum Gasteiger partial charge on any atom is 0.253 e. The number of carbonyl (C=O) groups excluding carboxylic acids is 1. The van der Waals surface area contributed by atoms with Crippen molar-refractivity contribution in [2.24, 2.45) is 0 Å². The number of aromatic nitrogens is 1. The lowest BCUT2D eigenvalue weighted by atomic mass is 10.0. The lowest BCUT2D eigenvalue weighted by molar-refractivity contribution is 0.108. The third-order valence-corrected chi connectivity index (χ3v) is 2.95. The van der Waals surface area contributed by atoms with Crippen LogP contribution in [-0.2, 0) is 0 Å². The molecule has 1 aromatic carbocycles. The van der Waals surface area contributed by atoms with Crippen LogP contribution in [0.15, 0.2) is 42.6 Å². The largest absolute Gasteiger partial charge is 0.439 e. The molecule has 2 rings (SSSR count). The molecule has 0 aliphatic carbocycles. The summed E-state index contributed by atoms with van der Waals surface area (Å²) < 4.78 is 5.58. The summed E-state index contributed by atoms with van der Waals surface area (Å²) >= 11 is 5.34. The topological polar surface area (TPSA) is 39.2 Å². The summed E-state index contributed by atoms with van der Waals surface area (Å²) in [7, 11) is 0. The highest BCUT2D eigenvalue weighted by Gasteiger charge is 2.04. The number of hydrogen-bond acceptors (Lipinski definition) is 3. The second-order valence-electron chi connectivity index (χ2n) is 4.48. The van der Waals surface area contributed by atoms with E-state index in [2.05, 4.69) is 18.8 Å². The standard InChI is InChI=1S/C15H14ClNO2/c1-10(2)11-3-6-13(7-4-11)19-14-8-5-12(9-17-14)15(16)18/h3-10H,1-2H3. The average Bonchev–Trinajstić information content (AvgIpc) is 2.40. The van der Waals surface area contributed by atoms with E-state index in [-0.39, 0.29) is 0 Å². The number of carbonyl (C=O) groups is 1. The molecule has 2 aromatic rings. The van der Waals surface area contributed by atoms with Crippen molar-refractivity contribution in [3.05, 3.63) is 53.7 Å². The lowest BCUT2D eigenvalue weighted by Crippen LogP contribution is -1.93. The van der Waals surface area contributed by atoms with Crippen LogP contribution in [0.1, 0.15) is 35.7 Å². The van der Waals surface area contributed by atoms with Gasteiger partial charge in [0.1, 0.15) is 5.75 Å². The van der Waals surface area contributed by atoms with Crippen molar-refractivity contribution in [3.8, 4) is 11.6 Å². The first kappa shape index (κ1) is 13.6. The van der Waals surface area contributed by atoms with Crippen LogP contribution in [0.5, 0.6) is 11.6 Å². The summed E-state index contributed by atoms with van der Waals surface area (Å²) in [5, 5.41) is -0.527. The fourth-order valence-electron chi connectivity index (χ4n) is 1.60. The van der Waals surface area contributed by atoms with Gasteiger partial charge in [0, 0.05) is 12.3 Å². The molecule has 0 bridgehead atoms. The first-order chi connectivity index (χ1) is 9.06. The molecular formula is C15H14ClNO2. The lowest BCUT2D eigenvalue weighted by Gasteiger charge is -2.08. The molecular weight excluding hydrogens is 262 g/mol. The molecule has 0 aliphatic heterocycles. The van der Waals surface area contributed by atoms with Crippen LogP contribution in [0.25, 0.3) is 0 Å². The van der Waals surface area contributed by atoms with Crippen LogP contribution in [0.3, 0.4) is 0 Å². The molecule has 1 heterocycles. The SMILES string of the molecule is CC(C)c1ccc(Oc2ccc(C(=O)Cl)cn2)cc1. The van der Waals surface area contributed by atoms with Crippen LogP contribution in [0.2, 0.25) is 0 Å². The molecule has 0 unspecified atom stereocenters.